The molecule has 144 valence electrons. The Morgan fingerprint density at radius 1 is 1.08 bits per heavy atom. The zero-order chi connectivity index (χ0) is 19.2. The third kappa shape index (κ3) is 6.42. The van der Waals surface area contributed by atoms with Gasteiger partial charge in [0.1, 0.15) is 0 Å². The summed E-state index contributed by atoms with van der Waals surface area (Å²) in [5, 5.41) is 5.91. The minimum Gasteiger partial charge on any atom is -0.352 e. The average Bonchev–Trinajstić information content (AvgIpc) is 2.60. The van der Waals surface area contributed by atoms with Crippen molar-refractivity contribution < 1.29 is 9.59 Å². The van der Waals surface area contributed by atoms with Gasteiger partial charge in [-0.1, -0.05) is 32.9 Å². The number of amides is 2. The Kier molecular flexibility index (Phi) is 7.17. The predicted octanol–water partition coefficient (Wildman–Crippen LogP) is 1.33. The highest BCUT2D eigenvalue weighted by atomic mass is 16.2. The molecule has 0 bridgehead atoms. The molecule has 6 nitrogen and oxygen atoms in total. The van der Waals surface area contributed by atoms with Gasteiger partial charge < -0.3 is 15.5 Å². The first-order valence-electron chi connectivity index (χ1n) is 9.32. The van der Waals surface area contributed by atoms with Crippen molar-refractivity contribution in [3.63, 3.8) is 0 Å². The van der Waals surface area contributed by atoms with Crippen LogP contribution in [0.1, 0.15) is 36.7 Å². The van der Waals surface area contributed by atoms with Crippen molar-refractivity contribution in [2.45, 2.75) is 27.3 Å². The lowest BCUT2D eigenvalue weighted by Crippen LogP contribution is -2.46. The van der Waals surface area contributed by atoms with E-state index >= 15 is 0 Å². The summed E-state index contributed by atoms with van der Waals surface area (Å²) in [6.07, 6.45) is 0. The van der Waals surface area contributed by atoms with Gasteiger partial charge in [-0.25, -0.2) is 0 Å². The van der Waals surface area contributed by atoms with Crippen molar-refractivity contribution in [2.24, 2.45) is 5.41 Å². The van der Waals surface area contributed by atoms with Crippen molar-refractivity contribution in [1.29, 1.82) is 0 Å². The minimum absolute atomic E-state index is 0.000434. The number of nitrogens with one attached hydrogen (secondary N) is 2. The molecule has 1 aliphatic rings. The number of piperazine rings is 1. The van der Waals surface area contributed by atoms with E-state index in [4.69, 9.17) is 0 Å². The molecule has 0 unspecified atom stereocenters. The molecule has 26 heavy (non-hydrogen) atoms. The zero-order valence-corrected chi connectivity index (χ0v) is 16.5. The molecular formula is C20H32N4O2. The van der Waals surface area contributed by atoms with Crippen LogP contribution in [0.4, 0.5) is 0 Å². The van der Waals surface area contributed by atoms with Crippen molar-refractivity contribution >= 4 is 11.8 Å². The molecule has 0 saturated carbocycles. The van der Waals surface area contributed by atoms with E-state index in [0.29, 0.717) is 18.7 Å². The number of hydrogen-bond donors (Lipinski definition) is 2. The van der Waals surface area contributed by atoms with E-state index in [1.54, 1.807) is 6.07 Å². The van der Waals surface area contributed by atoms with Crippen LogP contribution in [-0.2, 0) is 11.3 Å². The maximum atomic E-state index is 12.4. The fourth-order valence-corrected chi connectivity index (χ4v) is 2.77. The lowest BCUT2D eigenvalue weighted by atomic mass is 9.95. The summed E-state index contributed by atoms with van der Waals surface area (Å²) in [5.74, 6) is -0.0670. The number of carbonyl (C=O) groups is 2. The number of likely N-dealkylation sites (N-methyl/N-ethyl adjacent to an activating group) is 1. The molecule has 0 spiro atoms. The second-order valence-corrected chi connectivity index (χ2v) is 8.03. The highest BCUT2D eigenvalue weighted by Gasteiger charge is 2.20. The van der Waals surface area contributed by atoms with Crippen molar-refractivity contribution in [1.82, 2.24) is 20.4 Å². The number of nitrogens with zero attached hydrogens (tertiary/aromatic N) is 2. The van der Waals surface area contributed by atoms with Crippen molar-refractivity contribution in [3.8, 4) is 0 Å². The molecule has 2 N–H and O–H groups in total. The van der Waals surface area contributed by atoms with Gasteiger partial charge in [-0.15, -0.1) is 0 Å². The van der Waals surface area contributed by atoms with Crippen LogP contribution >= 0.6 is 0 Å². The summed E-state index contributed by atoms with van der Waals surface area (Å²) < 4.78 is 0. The van der Waals surface area contributed by atoms with E-state index in [1.807, 2.05) is 39.0 Å². The standard InChI is InChI=1S/C20H32N4O2/c1-20(2,3)19(26)22-15-16-6-5-7-17(14-16)18(25)21-8-9-24-12-10-23(4)11-13-24/h5-7,14H,8-13,15H2,1-4H3,(H,21,25)(H,22,26). The summed E-state index contributed by atoms with van der Waals surface area (Å²) in [6.45, 7) is 11.9. The zero-order valence-electron chi connectivity index (χ0n) is 16.5. The fourth-order valence-electron chi connectivity index (χ4n) is 2.77. The first kappa shape index (κ1) is 20.4. The third-order valence-corrected chi connectivity index (χ3v) is 4.63. The summed E-state index contributed by atoms with van der Waals surface area (Å²) in [4.78, 5) is 29.0. The molecule has 1 fully saturated rings. The van der Waals surface area contributed by atoms with Crippen molar-refractivity contribution in [2.75, 3.05) is 46.3 Å². The van der Waals surface area contributed by atoms with Gasteiger partial charge in [0.05, 0.1) is 0 Å². The Bertz CT molecular complexity index is 616. The molecule has 2 amide bonds. The SMILES string of the molecule is CN1CCN(CCNC(=O)c2cccc(CNC(=O)C(C)(C)C)c2)CC1. The van der Waals surface area contributed by atoms with Gasteiger partial charge in [0.2, 0.25) is 5.91 Å². The highest BCUT2D eigenvalue weighted by Crippen LogP contribution is 2.13. The van der Waals surface area contributed by atoms with Crippen LogP contribution in [0.2, 0.25) is 0 Å². The molecule has 0 atom stereocenters. The second kappa shape index (κ2) is 9.14. The molecule has 6 heteroatoms. The summed E-state index contributed by atoms with van der Waals surface area (Å²) in [7, 11) is 2.13. The predicted molar refractivity (Wildman–Crippen MR) is 104 cm³/mol. The summed E-state index contributed by atoms with van der Waals surface area (Å²) in [5.41, 5.74) is 1.14. The first-order chi connectivity index (χ1) is 12.3. The van der Waals surface area contributed by atoms with E-state index in [1.165, 1.54) is 0 Å². The van der Waals surface area contributed by atoms with E-state index in [2.05, 4.69) is 27.5 Å². The molecule has 0 aromatic heterocycles. The molecule has 0 radical (unpaired) electrons. The summed E-state index contributed by atoms with van der Waals surface area (Å²) in [6, 6.07) is 7.42. The fraction of sp³-hybridized carbons (Fsp3) is 0.600. The number of hydrogen-bond acceptors (Lipinski definition) is 4. The second-order valence-electron chi connectivity index (χ2n) is 8.03. The van der Waals surface area contributed by atoms with Gasteiger partial charge >= 0.3 is 0 Å². The smallest absolute Gasteiger partial charge is 0.251 e. The quantitative estimate of drug-likeness (QED) is 0.803. The van der Waals surface area contributed by atoms with Crippen LogP contribution in [-0.4, -0.2) is 67.9 Å². The van der Waals surface area contributed by atoms with Gasteiger partial charge in [0, 0.05) is 56.8 Å². The van der Waals surface area contributed by atoms with Crippen LogP contribution in [0.3, 0.4) is 0 Å². The van der Waals surface area contributed by atoms with Crippen molar-refractivity contribution in [3.05, 3.63) is 35.4 Å². The number of benzene rings is 1. The van der Waals surface area contributed by atoms with Crippen LogP contribution in [0, 0.1) is 5.41 Å². The van der Waals surface area contributed by atoms with Crippen LogP contribution in [0.15, 0.2) is 24.3 Å². The van der Waals surface area contributed by atoms with Crippen LogP contribution in [0.25, 0.3) is 0 Å². The Hall–Kier alpha value is -1.92. The largest absolute Gasteiger partial charge is 0.352 e. The molecule has 1 saturated heterocycles. The average molecular weight is 361 g/mol. The maximum absolute atomic E-state index is 12.4. The Balaban J connectivity index is 1.79. The normalized spacial score (nSPS) is 16.3. The van der Waals surface area contributed by atoms with Gasteiger partial charge in [-0.3, -0.25) is 14.5 Å². The number of rotatable bonds is 6. The molecule has 1 aromatic carbocycles. The molecule has 0 aliphatic carbocycles. The monoisotopic (exact) mass is 360 g/mol. The van der Waals surface area contributed by atoms with E-state index < -0.39 is 5.41 Å². The Labute approximate surface area is 156 Å². The molecule has 1 aromatic rings. The van der Waals surface area contributed by atoms with E-state index in [-0.39, 0.29) is 11.8 Å². The lowest BCUT2D eigenvalue weighted by molar-refractivity contribution is -0.128. The lowest BCUT2D eigenvalue weighted by Gasteiger charge is -2.32. The third-order valence-electron chi connectivity index (χ3n) is 4.63. The number of carbonyl (C=O) groups excluding carboxylic acids is 2. The topological polar surface area (TPSA) is 64.7 Å². The molecular weight excluding hydrogens is 328 g/mol. The van der Waals surface area contributed by atoms with E-state index in [9.17, 15) is 9.59 Å². The summed E-state index contributed by atoms with van der Waals surface area (Å²) >= 11 is 0. The Morgan fingerprint density at radius 2 is 1.77 bits per heavy atom. The molecule has 2 rings (SSSR count). The van der Waals surface area contributed by atoms with Gasteiger partial charge in [-0.05, 0) is 24.7 Å². The molecule has 1 aliphatic heterocycles. The van der Waals surface area contributed by atoms with Gasteiger partial charge in [-0.2, -0.15) is 0 Å². The van der Waals surface area contributed by atoms with Crippen LogP contribution in [0.5, 0.6) is 0 Å². The molecule has 1 heterocycles. The first-order valence-corrected chi connectivity index (χ1v) is 9.32. The van der Waals surface area contributed by atoms with Gasteiger partial charge in [0.15, 0.2) is 0 Å². The van der Waals surface area contributed by atoms with Gasteiger partial charge in [0.25, 0.3) is 5.91 Å². The Morgan fingerprint density at radius 3 is 2.42 bits per heavy atom. The maximum Gasteiger partial charge on any atom is 0.251 e. The highest BCUT2D eigenvalue weighted by molar-refractivity contribution is 5.94. The van der Waals surface area contributed by atoms with Crippen LogP contribution < -0.4 is 10.6 Å². The minimum atomic E-state index is -0.418. The van der Waals surface area contributed by atoms with E-state index in [0.717, 1.165) is 38.3 Å².